The molecule has 2 fully saturated rings. The molecule has 1 aromatic heterocycles. The van der Waals surface area contributed by atoms with Crippen LogP contribution < -0.4 is 0 Å². The number of piperidine rings is 1. The molecule has 2 aromatic rings. The van der Waals surface area contributed by atoms with Crippen molar-refractivity contribution in [2.75, 3.05) is 13.1 Å². The Morgan fingerprint density at radius 2 is 1.68 bits per heavy atom. The molecule has 0 N–H and O–H groups in total. The summed E-state index contributed by atoms with van der Waals surface area (Å²) in [5.41, 5.74) is 0. The molecule has 0 unspecified atom stereocenters. The normalized spacial score (nSPS) is 20.1. The van der Waals surface area contributed by atoms with Gasteiger partial charge in [0, 0.05) is 24.9 Å². The highest BCUT2D eigenvalue weighted by Gasteiger charge is 2.34. The monoisotopic (exact) mass is 385 g/mol. The van der Waals surface area contributed by atoms with Gasteiger partial charge in [-0.05, 0) is 43.9 Å². The fourth-order valence-corrected chi connectivity index (χ4v) is 4.78. The van der Waals surface area contributed by atoms with Crippen molar-refractivity contribution < 1.29 is 17.2 Å². The minimum atomic E-state index is -3.69. The SMILES string of the molecule is O=S(=O)(c1ccc(F)c(Cl)c1)N1CCC(c2nnc(C3CC3)o2)CC1. The summed E-state index contributed by atoms with van der Waals surface area (Å²) in [5, 5.41) is 8.01. The Bertz CT molecular complexity index is 890. The van der Waals surface area contributed by atoms with Crippen molar-refractivity contribution in [2.45, 2.75) is 42.4 Å². The quantitative estimate of drug-likeness (QED) is 0.807. The van der Waals surface area contributed by atoms with Gasteiger partial charge >= 0.3 is 0 Å². The first-order valence-electron chi connectivity index (χ1n) is 8.23. The third-order valence-corrected chi connectivity index (χ3v) is 6.90. The Morgan fingerprint density at radius 3 is 2.24 bits per heavy atom. The molecule has 9 heteroatoms. The van der Waals surface area contributed by atoms with Gasteiger partial charge in [-0.25, -0.2) is 12.8 Å². The molecule has 1 aliphatic heterocycles. The molecule has 4 rings (SSSR count). The number of hydrogen-bond acceptors (Lipinski definition) is 5. The third-order valence-electron chi connectivity index (χ3n) is 4.71. The van der Waals surface area contributed by atoms with E-state index < -0.39 is 15.8 Å². The van der Waals surface area contributed by atoms with Gasteiger partial charge in [-0.3, -0.25) is 0 Å². The Balaban J connectivity index is 1.45. The highest BCUT2D eigenvalue weighted by atomic mass is 35.5. The summed E-state index contributed by atoms with van der Waals surface area (Å²) in [6.45, 7) is 0.701. The van der Waals surface area contributed by atoms with E-state index in [1.54, 1.807) is 0 Å². The van der Waals surface area contributed by atoms with Gasteiger partial charge in [-0.2, -0.15) is 4.31 Å². The molecule has 1 aromatic carbocycles. The van der Waals surface area contributed by atoms with Crippen molar-refractivity contribution in [3.05, 3.63) is 40.8 Å². The van der Waals surface area contributed by atoms with Crippen LogP contribution in [-0.2, 0) is 10.0 Å². The molecular weight excluding hydrogens is 369 g/mol. The maximum atomic E-state index is 13.3. The van der Waals surface area contributed by atoms with Crippen LogP contribution in [-0.4, -0.2) is 36.0 Å². The lowest BCUT2D eigenvalue weighted by Crippen LogP contribution is -2.38. The van der Waals surface area contributed by atoms with Crippen molar-refractivity contribution in [2.24, 2.45) is 0 Å². The Hall–Kier alpha value is -1.51. The third kappa shape index (κ3) is 3.30. The first-order chi connectivity index (χ1) is 11.9. The maximum absolute atomic E-state index is 13.3. The fourth-order valence-electron chi connectivity index (χ4n) is 3.04. The van der Waals surface area contributed by atoms with Gasteiger partial charge in [0.25, 0.3) is 0 Å². The van der Waals surface area contributed by atoms with Crippen LogP contribution >= 0.6 is 11.6 Å². The van der Waals surface area contributed by atoms with Crippen LogP contribution in [0.5, 0.6) is 0 Å². The molecule has 1 aliphatic carbocycles. The van der Waals surface area contributed by atoms with Crippen molar-refractivity contribution in [1.29, 1.82) is 0 Å². The van der Waals surface area contributed by atoms with Gasteiger partial charge in [-0.1, -0.05) is 11.6 Å². The molecule has 0 amide bonds. The van der Waals surface area contributed by atoms with Gasteiger partial charge in [0.05, 0.1) is 9.92 Å². The zero-order chi connectivity index (χ0) is 17.6. The highest BCUT2D eigenvalue weighted by molar-refractivity contribution is 7.89. The number of benzene rings is 1. The van der Waals surface area contributed by atoms with Gasteiger partial charge in [0.2, 0.25) is 21.8 Å². The minimum Gasteiger partial charge on any atom is -0.425 e. The summed E-state index contributed by atoms with van der Waals surface area (Å²) in [5.74, 6) is 1.14. The van der Waals surface area contributed by atoms with E-state index in [-0.39, 0.29) is 15.8 Å². The van der Waals surface area contributed by atoms with Gasteiger partial charge < -0.3 is 4.42 Å². The number of rotatable bonds is 4. The molecule has 6 nitrogen and oxygen atoms in total. The second-order valence-electron chi connectivity index (χ2n) is 6.51. The molecule has 0 bridgehead atoms. The lowest BCUT2D eigenvalue weighted by Gasteiger charge is -2.29. The van der Waals surface area contributed by atoms with Crippen LogP contribution in [0, 0.1) is 5.82 Å². The Kier molecular flexibility index (Phi) is 4.29. The molecule has 25 heavy (non-hydrogen) atoms. The zero-order valence-electron chi connectivity index (χ0n) is 13.4. The van der Waals surface area contributed by atoms with Crippen molar-refractivity contribution >= 4 is 21.6 Å². The summed E-state index contributed by atoms with van der Waals surface area (Å²) in [4.78, 5) is 0.00570. The van der Waals surface area contributed by atoms with Crippen molar-refractivity contribution in [3.8, 4) is 0 Å². The lowest BCUT2D eigenvalue weighted by atomic mass is 9.98. The van der Waals surface area contributed by atoms with E-state index >= 15 is 0 Å². The number of hydrogen-bond donors (Lipinski definition) is 0. The number of sulfonamides is 1. The van der Waals surface area contributed by atoms with E-state index in [1.807, 2.05) is 0 Å². The Labute approximate surface area is 150 Å². The average molecular weight is 386 g/mol. The minimum absolute atomic E-state index is 0.00570. The van der Waals surface area contributed by atoms with E-state index in [4.69, 9.17) is 16.0 Å². The predicted octanol–water partition coefficient (Wildman–Crippen LogP) is 3.31. The second-order valence-corrected chi connectivity index (χ2v) is 8.85. The van der Waals surface area contributed by atoms with E-state index in [9.17, 15) is 12.8 Å². The maximum Gasteiger partial charge on any atom is 0.243 e. The standard InChI is InChI=1S/C16H17ClFN3O3S/c17-13-9-12(3-4-14(13)18)25(22,23)21-7-5-11(6-8-21)16-20-19-15(24-16)10-1-2-10/h3-4,9-11H,1-2,5-8H2. The van der Waals surface area contributed by atoms with Crippen LogP contribution in [0.15, 0.2) is 27.5 Å². The summed E-state index contributed by atoms with van der Waals surface area (Å²) in [6.07, 6.45) is 3.41. The molecular formula is C16H17ClFN3O3S. The molecule has 1 saturated carbocycles. The van der Waals surface area contributed by atoms with Crippen LogP contribution in [0.25, 0.3) is 0 Å². The summed E-state index contributed by atoms with van der Waals surface area (Å²) < 4.78 is 45.8. The van der Waals surface area contributed by atoms with Gasteiger partial charge in [0.1, 0.15) is 5.82 Å². The van der Waals surface area contributed by atoms with E-state index in [0.717, 1.165) is 25.0 Å². The van der Waals surface area contributed by atoms with E-state index in [1.165, 1.54) is 10.4 Å². The van der Waals surface area contributed by atoms with E-state index in [2.05, 4.69) is 10.2 Å². The molecule has 1 saturated heterocycles. The van der Waals surface area contributed by atoms with Gasteiger partial charge in [0.15, 0.2) is 0 Å². The smallest absolute Gasteiger partial charge is 0.243 e. The summed E-state index contributed by atoms with van der Waals surface area (Å²) in [6, 6.07) is 3.46. The topological polar surface area (TPSA) is 76.3 Å². The average Bonchev–Trinajstić information content (AvgIpc) is 3.34. The van der Waals surface area contributed by atoms with Crippen LogP contribution in [0.1, 0.15) is 49.3 Å². The largest absolute Gasteiger partial charge is 0.425 e. The molecule has 134 valence electrons. The zero-order valence-corrected chi connectivity index (χ0v) is 14.9. The highest BCUT2D eigenvalue weighted by Crippen LogP contribution is 2.40. The molecule has 2 aliphatic rings. The van der Waals surface area contributed by atoms with Crippen LogP contribution in [0.4, 0.5) is 4.39 Å². The first-order valence-corrected chi connectivity index (χ1v) is 10.1. The van der Waals surface area contributed by atoms with E-state index in [0.29, 0.717) is 43.6 Å². The van der Waals surface area contributed by atoms with Crippen molar-refractivity contribution in [1.82, 2.24) is 14.5 Å². The second kappa shape index (κ2) is 6.34. The van der Waals surface area contributed by atoms with Crippen molar-refractivity contribution in [3.63, 3.8) is 0 Å². The van der Waals surface area contributed by atoms with Gasteiger partial charge in [-0.15, -0.1) is 10.2 Å². The summed E-state index contributed by atoms with van der Waals surface area (Å²) in [7, 11) is -3.69. The number of aromatic nitrogens is 2. The molecule has 2 heterocycles. The molecule has 0 radical (unpaired) electrons. The van der Waals surface area contributed by atoms with Crippen LogP contribution in [0.3, 0.4) is 0 Å². The van der Waals surface area contributed by atoms with Crippen LogP contribution in [0.2, 0.25) is 5.02 Å². The lowest BCUT2D eigenvalue weighted by molar-refractivity contribution is 0.286. The first kappa shape index (κ1) is 16.9. The molecule has 0 spiro atoms. The number of nitrogens with zero attached hydrogens (tertiary/aromatic N) is 3. The predicted molar refractivity (Wildman–Crippen MR) is 88.4 cm³/mol. The fraction of sp³-hybridized carbons (Fsp3) is 0.500. The molecule has 0 atom stereocenters. The summed E-state index contributed by atoms with van der Waals surface area (Å²) >= 11 is 5.71. The number of halogens is 2. The Morgan fingerprint density at radius 1 is 1.08 bits per heavy atom.